The average Bonchev–Trinajstić information content (AvgIpc) is 2.67. The van der Waals surface area contributed by atoms with Crippen molar-refractivity contribution in [3.63, 3.8) is 0 Å². The fraction of sp³-hybridized carbons (Fsp3) is 0.545. The minimum Gasteiger partial charge on any atom is -0.465 e. The van der Waals surface area contributed by atoms with Crippen LogP contribution >= 0.6 is 0 Å². The van der Waals surface area contributed by atoms with E-state index in [1.54, 1.807) is 0 Å². The summed E-state index contributed by atoms with van der Waals surface area (Å²) in [5.41, 5.74) is 0. The SMILES string of the molecule is [C-]#[N+]CCc1ccc(C2CC2C)o1. The van der Waals surface area contributed by atoms with E-state index in [1.807, 2.05) is 6.07 Å². The van der Waals surface area contributed by atoms with Gasteiger partial charge < -0.3 is 9.26 Å². The van der Waals surface area contributed by atoms with Gasteiger partial charge in [0.05, 0.1) is 6.42 Å². The third-order valence-electron chi connectivity index (χ3n) is 2.63. The van der Waals surface area contributed by atoms with Gasteiger partial charge in [-0.3, -0.25) is 0 Å². The minimum atomic E-state index is 0.535. The van der Waals surface area contributed by atoms with Gasteiger partial charge in [0.1, 0.15) is 11.5 Å². The maximum absolute atomic E-state index is 6.67. The van der Waals surface area contributed by atoms with Crippen LogP contribution in [0.15, 0.2) is 16.5 Å². The van der Waals surface area contributed by atoms with E-state index in [2.05, 4.69) is 17.8 Å². The van der Waals surface area contributed by atoms with Crippen LogP contribution in [0, 0.1) is 12.5 Å². The van der Waals surface area contributed by atoms with Crippen molar-refractivity contribution in [2.24, 2.45) is 5.92 Å². The summed E-state index contributed by atoms with van der Waals surface area (Å²) in [4.78, 5) is 3.31. The van der Waals surface area contributed by atoms with Crippen LogP contribution in [0.3, 0.4) is 0 Å². The zero-order valence-corrected chi connectivity index (χ0v) is 7.79. The van der Waals surface area contributed by atoms with Gasteiger partial charge in [-0.05, 0) is 24.5 Å². The largest absolute Gasteiger partial charge is 0.465 e. The molecule has 2 heteroatoms. The number of rotatable bonds is 3. The first kappa shape index (κ1) is 8.37. The molecule has 0 spiro atoms. The van der Waals surface area contributed by atoms with Gasteiger partial charge >= 0.3 is 0 Å². The Bertz CT molecular complexity index is 334. The molecule has 2 rings (SSSR count). The summed E-state index contributed by atoms with van der Waals surface area (Å²) in [6.07, 6.45) is 2.01. The van der Waals surface area contributed by atoms with E-state index in [1.165, 1.54) is 6.42 Å². The van der Waals surface area contributed by atoms with Gasteiger partial charge in [-0.25, -0.2) is 6.57 Å². The van der Waals surface area contributed by atoms with Crippen LogP contribution in [0.4, 0.5) is 0 Å². The van der Waals surface area contributed by atoms with E-state index in [9.17, 15) is 0 Å². The molecule has 2 nitrogen and oxygen atoms in total. The van der Waals surface area contributed by atoms with Gasteiger partial charge in [-0.1, -0.05) is 6.92 Å². The Kier molecular flexibility index (Phi) is 2.10. The van der Waals surface area contributed by atoms with Gasteiger partial charge in [-0.2, -0.15) is 0 Å². The summed E-state index contributed by atoms with van der Waals surface area (Å²) in [5.74, 6) is 3.53. The molecule has 0 bridgehead atoms. The van der Waals surface area contributed by atoms with Crippen LogP contribution in [-0.2, 0) is 6.42 Å². The van der Waals surface area contributed by atoms with E-state index in [4.69, 9.17) is 11.0 Å². The predicted octanol–water partition coefficient (Wildman–Crippen LogP) is 2.86. The topological polar surface area (TPSA) is 17.5 Å². The molecule has 1 fully saturated rings. The third kappa shape index (κ3) is 1.75. The van der Waals surface area contributed by atoms with E-state index in [0.29, 0.717) is 12.5 Å². The van der Waals surface area contributed by atoms with Gasteiger partial charge in [0.2, 0.25) is 6.54 Å². The Morgan fingerprint density at radius 1 is 1.62 bits per heavy atom. The summed E-state index contributed by atoms with van der Waals surface area (Å²) in [6.45, 7) is 9.45. The van der Waals surface area contributed by atoms with Crippen LogP contribution in [0.5, 0.6) is 0 Å². The Labute approximate surface area is 78.4 Å². The molecule has 0 radical (unpaired) electrons. The molecule has 0 amide bonds. The molecule has 13 heavy (non-hydrogen) atoms. The Balaban J connectivity index is 1.98. The van der Waals surface area contributed by atoms with E-state index >= 15 is 0 Å². The smallest absolute Gasteiger partial charge is 0.221 e. The highest BCUT2D eigenvalue weighted by Crippen LogP contribution is 2.47. The average molecular weight is 175 g/mol. The minimum absolute atomic E-state index is 0.535. The first-order valence-electron chi connectivity index (χ1n) is 4.73. The number of nitrogens with zero attached hydrogens (tertiary/aromatic N) is 1. The lowest BCUT2D eigenvalue weighted by Gasteiger charge is -1.91. The van der Waals surface area contributed by atoms with Crippen LogP contribution < -0.4 is 0 Å². The quantitative estimate of drug-likeness (QED) is 0.646. The monoisotopic (exact) mass is 175 g/mol. The Morgan fingerprint density at radius 2 is 2.38 bits per heavy atom. The normalized spacial score (nSPS) is 25.5. The van der Waals surface area contributed by atoms with Crippen LogP contribution in [-0.4, -0.2) is 6.54 Å². The zero-order valence-electron chi connectivity index (χ0n) is 7.79. The summed E-state index contributed by atoms with van der Waals surface area (Å²) >= 11 is 0. The molecule has 1 aliphatic carbocycles. The van der Waals surface area contributed by atoms with Crippen molar-refractivity contribution in [1.82, 2.24) is 0 Å². The molecule has 1 aromatic rings. The van der Waals surface area contributed by atoms with Crippen LogP contribution in [0.1, 0.15) is 30.8 Å². The standard InChI is InChI=1S/C11H13NO/c1-8-7-10(8)11-4-3-9(13-11)5-6-12-2/h3-4,8,10H,5-7H2,1H3. The first-order valence-corrected chi connectivity index (χ1v) is 4.73. The predicted molar refractivity (Wildman–Crippen MR) is 50.4 cm³/mol. The lowest BCUT2D eigenvalue weighted by Crippen LogP contribution is -1.83. The van der Waals surface area contributed by atoms with Crippen molar-refractivity contribution in [2.75, 3.05) is 6.54 Å². The fourth-order valence-corrected chi connectivity index (χ4v) is 1.61. The fourth-order valence-electron chi connectivity index (χ4n) is 1.61. The summed E-state index contributed by atoms with van der Waals surface area (Å²) in [7, 11) is 0. The molecule has 1 aromatic heterocycles. The molecule has 0 aliphatic heterocycles. The molecule has 0 aromatic carbocycles. The number of hydrogen-bond donors (Lipinski definition) is 0. The number of furan rings is 1. The lowest BCUT2D eigenvalue weighted by atomic mass is 10.3. The third-order valence-corrected chi connectivity index (χ3v) is 2.63. The van der Waals surface area contributed by atoms with Gasteiger partial charge in [0.15, 0.2) is 0 Å². The molecular formula is C11H13NO. The van der Waals surface area contributed by atoms with Crippen molar-refractivity contribution in [2.45, 2.75) is 25.7 Å². The second-order valence-corrected chi connectivity index (χ2v) is 3.76. The van der Waals surface area contributed by atoms with E-state index < -0.39 is 0 Å². The molecule has 2 unspecified atom stereocenters. The maximum Gasteiger partial charge on any atom is 0.221 e. The first-order chi connectivity index (χ1) is 6.31. The molecule has 1 saturated carbocycles. The second-order valence-electron chi connectivity index (χ2n) is 3.76. The van der Waals surface area contributed by atoms with Crippen LogP contribution in [0.2, 0.25) is 0 Å². The lowest BCUT2D eigenvalue weighted by molar-refractivity contribution is 0.465. The van der Waals surface area contributed by atoms with Crippen molar-refractivity contribution >= 4 is 0 Å². The van der Waals surface area contributed by atoms with Crippen molar-refractivity contribution in [3.05, 3.63) is 35.1 Å². The molecule has 2 atom stereocenters. The van der Waals surface area contributed by atoms with Gasteiger partial charge in [-0.15, -0.1) is 0 Å². The Morgan fingerprint density at radius 3 is 3.00 bits per heavy atom. The molecule has 0 saturated heterocycles. The molecule has 0 N–H and O–H groups in total. The van der Waals surface area contributed by atoms with E-state index in [0.717, 1.165) is 23.9 Å². The zero-order chi connectivity index (χ0) is 9.26. The summed E-state index contributed by atoms with van der Waals surface area (Å²) < 4.78 is 5.64. The summed E-state index contributed by atoms with van der Waals surface area (Å²) in [6, 6.07) is 4.07. The van der Waals surface area contributed by atoms with Crippen LogP contribution in [0.25, 0.3) is 4.85 Å². The van der Waals surface area contributed by atoms with Gasteiger partial charge in [0, 0.05) is 5.92 Å². The Hall–Kier alpha value is -1.23. The second kappa shape index (κ2) is 3.26. The molecule has 1 aliphatic rings. The number of hydrogen-bond acceptors (Lipinski definition) is 1. The van der Waals surface area contributed by atoms with Crippen molar-refractivity contribution in [1.29, 1.82) is 0 Å². The van der Waals surface area contributed by atoms with Gasteiger partial charge in [0.25, 0.3) is 0 Å². The molecule has 68 valence electrons. The van der Waals surface area contributed by atoms with Crippen molar-refractivity contribution in [3.8, 4) is 0 Å². The maximum atomic E-state index is 6.67. The molecular weight excluding hydrogens is 162 g/mol. The van der Waals surface area contributed by atoms with E-state index in [-0.39, 0.29) is 0 Å². The summed E-state index contributed by atoms with van der Waals surface area (Å²) in [5, 5.41) is 0. The van der Waals surface area contributed by atoms with Crippen molar-refractivity contribution < 1.29 is 4.42 Å². The highest BCUT2D eigenvalue weighted by Gasteiger charge is 2.36. The highest BCUT2D eigenvalue weighted by atomic mass is 16.3. The molecule has 1 heterocycles. The highest BCUT2D eigenvalue weighted by molar-refractivity contribution is 5.17.